The molecule has 2 aliphatic heterocycles. The normalized spacial score (nSPS) is 25.6. The molecule has 0 aliphatic carbocycles. The maximum Gasteiger partial charge on any atom is 0.237 e. The van der Waals surface area contributed by atoms with Gasteiger partial charge in [-0.1, -0.05) is 25.1 Å². The number of anilines is 1. The van der Waals surface area contributed by atoms with E-state index in [4.69, 9.17) is 0 Å². The number of nitrogens with zero attached hydrogens (tertiary/aromatic N) is 3. The van der Waals surface area contributed by atoms with E-state index < -0.39 is 21.5 Å². The van der Waals surface area contributed by atoms with E-state index in [9.17, 15) is 13.2 Å². The van der Waals surface area contributed by atoms with Crippen LogP contribution in [0.25, 0.3) is 0 Å². The van der Waals surface area contributed by atoms with Crippen molar-refractivity contribution in [2.75, 3.05) is 17.6 Å². The first-order valence-corrected chi connectivity index (χ1v) is 10.4. The van der Waals surface area contributed by atoms with Crippen LogP contribution in [0.3, 0.4) is 0 Å². The van der Waals surface area contributed by atoms with Gasteiger partial charge in [0.05, 0.1) is 5.75 Å². The monoisotopic (exact) mass is 374 g/mol. The maximum atomic E-state index is 13.1. The van der Waals surface area contributed by atoms with Crippen molar-refractivity contribution in [1.82, 2.24) is 13.9 Å². The van der Waals surface area contributed by atoms with Crippen LogP contribution in [-0.2, 0) is 27.3 Å². The first kappa shape index (κ1) is 17.2. The molecule has 1 amide bonds. The van der Waals surface area contributed by atoms with Gasteiger partial charge < -0.3 is 9.88 Å². The van der Waals surface area contributed by atoms with Crippen LogP contribution in [0.5, 0.6) is 0 Å². The third kappa shape index (κ3) is 2.25. The second-order valence-corrected chi connectivity index (χ2v) is 8.99. The zero-order chi connectivity index (χ0) is 18.5. The fourth-order valence-electron chi connectivity index (χ4n) is 4.32. The van der Waals surface area contributed by atoms with Crippen molar-refractivity contribution in [1.29, 1.82) is 0 Å². The average molecular weight is 374 g/mol. The topological polar surface area (TPSA) is 84.3 Å². The van der Waals surface area contributed by atoms with Crippen molar-refractivity contribution < 1.29 is 13.2 Å². The summed E-state index contributed by atoms with van der Waals surface area (Å²) in [6.45, 7) is 2.15. The number of amides is 1. The van der Waals surface area contributed by atoms with Crippen LogP contribution in [-0.4, -0.2) is 40.5 Å². The van der Waals surface area contributed by atoms with E-state index in [-0.39, 0.29) is 11.7 Å². The van der Waals surface area contributed by atoms with Crippen LogP contribution >= 0.6 is 0 Å². The van der Waals surface area contributed by atoms with Gasteiger partial charge in [-0.3, -0.25) is 4.79 Å². The Bertz CT molecular complexity index is 968. The lowest BCUT2D eigenvalue weighted by atomic mass is 9.75. The second-order valence-electron chi connectivity index (χ2n) is 6.95. The molecule has 0 unspecified atom stereocenters. The summed E-state index contributed by atoms with van der Waals surface area (Å²) in [6.07, 6.45) is 4.40. The Morgan fingerprint density at radius 2 is 2.12 bits per heavy atom. The number of rotatable bonds is 4. The minimum Gasteiger partial charge on any atom is -0.337 e. The molecule has 0 bridgehead atoms. The fraction of sp³-hybridized carbons (Fsp3) is 0.444. The van der Waals surface area contributed by atoms with Gasteiger partial charge in [-0.05, 0) is 24.5 Å². The second kappa shape index (κ2) is 5.92. The Morgan fingerprint density at radius 3 is 2.81 bits per heavy atom. The van der Waals surface area contributed by atoms with Gasteiger partial charge in [-0.25, -0.2) is 13.4 Å². The third-order valence-corrected chi connectivity index (χ3v) is 7.50. The lowest BCUT2D eigenvalue weighted by Gasteiger charge is -2.33. The van der Waals surface area contributed by atoms with Gasteiger partial charge in [0, 0.05) is 31.7 Å². The predicted octanol–water partition coefficient (Wildman–Crippen LogP) is 1.80. The molecule has 8 heteroatoms. The van der Waals surface area contributed by atoms with Crippen LogP contribution in [0.1, 0.15) is 37.2 Å². The Morgan fingerprint density at radius 1 is 1.35 bits per heavy atom. The smallest absolute Gasteiger partial charge is 0.237 e. The van der Waals surface area contributed by atoms with Crippen molar-refractivity contribution in [3.8, 4) is 0 Å². The number of carbonyl (C=O) groups excluding carboxylic acids is 1. The summed E-state index contributed by atoms with van der Waals surface area (Å²) in [6, 6.07) is 6.89. The number of fused-ring (bicyclic) bond motifs is 2. The van der Waals surface area contributed by atoms with E-state index in [0.717, 1.165) is 11.3 Å². The fourth-order valence-corrected chi connectivity index (χ4v) is 6.04. The van der Waals surface area contributed by atoms with E-state index in [1.165, 1.54) is 4.31 Å². The maximum absolute atomic E-state index is 13.1. The van der Waals surface area contributed by atoms with Gasteiger partial charge >= 0.3 is 0 Å². The quantitative estimate of drug-likeness (QED) is 0.884. The van der Waals surface area contributed by atoms with Crippen molar-refractivity contribution in [2.45, 2.75) is 31.2 Å². The highest BCUT2D eigenvalue weighted by molar-refractivity contribution is 7.89. The Hall–Kier alpha value is -2.19. The van der Waals surface area contributed by atoms with E-state index in [1.54, 1.807) is 17.0 Å². The molecule has 7 nitrogen and oxygen atoms in total. The Labute approximate surface area is 153 Å². The predicted molar refractivity (Wildman–Crippen MR) is 98.1 cm³/mol. The van der Waals surface area contributed by atoms with Crippen LogP contribution < -0.4 is 5.32 Å². The minimum atomic E-state index is -3.49. The van der Waals surface area contributed by atoms with Crippen molar-refractivity contribution in [3.63, 3.8) is 0 Å². The highest BCUT2D eigenvalue weighted by Gasteiger charge is 2.61. The van der Waals surface area contributed by atoms with Gasteiger partial charge in [-0.2, -0.15) is 4.31 Å². The van der Waals surface area contributed by atoms with Gasteiger partial charge in [0.2, 0.25) is 15.9 Å². The SMILES string of the molecule is CCCS(=O)(=O)N1CC[C@]2(C(=O)Nc3ccccc32)[C@@H]1c1nccn1C. The molecule has 2 aliphatic rings. The van der Waals surface area contributed by atoms with Crippen molar-refractivity contribution in [3.05, 3.63) is 48.0 Å². The third-order valence-electron chi connectivity index (χ3n) is 5.46. The average Bonchev–Trinajstić information content (AvgIpc) is 3.26. The highest BCUT2D eigenvalue weighted by atomic mass is 32.2. The minimum absolute atomic E-state index is 0.0628. The molecule has 1 fully saturated rings. The number of hydrogen-bond donors (Lipinski definition) is 1. The molecule has 2 atom stereocenters. The summed E-state index contributed by atoms with van der Waals surface area (Å²) in [5.41, 5.74) is 0.662. The number of aryl methyl sites for hydroxylation is 1. The number of sulfonamides is 1. The molecule has 1 aromatic carbocycles. The summed E-state index contributed by atoms with van der Waals surface area (Å²) < 4.78 is 29.2. The summed E-state index contributed by atoms with van der Waals surface area (Å²) in [5, 5.41) is 2.95. The zero-order valence-electron chi connectivity index (χ0n) is 14.8. The zero-order valence-corrected chi connectivity index (χ0v) is 15.7. The molecule has 138 valence electrons. The highest BCUT2D eigenvalue weighted by Crippen LogP contribution is 2.55. The van der Waals surface area contributed by atoms with Gasteiger partial charge in [0.25, 0.3) is 0 Å². The molecule has 4 rings (SSSR count). The van der Waals surface area contributed by atoms with Gasteiger partial charge in [-0.15, -0.1) is 0 Å². The lowest BCUT2D eigenvalue weighted by Crippen LogP contribution is -2.44. The number of carbonyl (C=O) groups is 1. The molecular formula is C18H22N4O3S. The van der Waals surface area contributed by atoms with Gasteiger partial charge in [0.15, 0.2) is 0 Å². The molecule has 2 aromatic rings. The van der Waals surface area contributed by atoms with Crippen LogP contribution in [0.2, 0.25) is 0 Å². The summed E-state index contributed by atoms with van der Waals surface area (Å²) >= 11 is 0. The molecule has 0 saturated carbocycles. The first-order valence-electron chi connectivity index (χ1n) is 8.79. The molecule has 0 radical (unpaired) electrons. The number of aromatic nitrogens is 2. The largest absolute Gasteiger partial charge is 0.337 e. The first-order chi connectivity index (χ1) is 12.4. The number of hydrogen-bond acceptors (Lipinski definition) is 4. The number of imidazole rings is 1. The van der Waals surface area contributed by atoms with Crippen LogP contribution in [0.15, 0.2) is 36.7 Å². The molecular weight excluding hydrogens is 352 g/mol. The molecule has 1 N–H and O–H groups in total. The van der Waals surface area contributed by atoms with Crippen molar-refractivity contribution >= 4 is 21.6 Å². The van der Waals surface area contributed by atoms with E-state index >= 15 is 0 Å². The summed E-state index contributed by atoms with van der Waals surface area (Å²) in [4.78, 5) is 17.6. The summed E-state index contributed by atoms with van der Waals surface area (Å²) in [5.74, 6) is 0.503. The number of nitrogens with one attached hydrogen (secondary N) is 1. The molecule has 1 saturated heterocycles. The Kier molecular flexibility index (Phi) is 3.92. The van der Waals surface area contributed by atoms with E-state index in [2.05, 4.69) is 10.3 Å². The van der Waals surface area contributed by atoms with E-state index in [0.29, 0.717) is 25.2 Å². The number of benzene rings is 1. The molecule has 1 spiro atoms. The molecule has 3 heterocycles. The van der Waals surface area contributed by atoms with Gasteiger partial charge in [0.1, 0.15) is 17.3 Å². The summed E-state index contributed by atoms with van der Waals surface area (Å²) in [7, 11) is -1.66. The Balaban J connectivity index is 1.94. The standard InChI is InChI=1S/C18H22N4O3S/c1-3-12-26(24,25)22-10-8-18(15(22)16-19-9-11-21(16)2)13-6-4-5-7-14(13)20-17(18)23/h4-7,9,11,15H,3,8,10,12H2,1-2H3,(H,20,23)/t15-,18+/m0/s1. The molecule has 1 aromatic heterocycles. The van der Waals surface area contributed by atoms with Crippen molar-refractivity contribution in [2.24, 2.45) is 7.05 Å². The lowest BCUT2D eigenvalue weighted by molar-refractivity contribution is -0.121. The molecule has 26 heavy (non-hydrogen) atoms. The number of para-hydroxylation sites is 1. The van der Waals surface area contributed by atoms with E-state index in [1.807, 2.05) is 38.2 Å². The van der Waals surface area contributed by atoms with Crippen LogP contribution in [0, 0.1) is 0 Å². The van der Waals surface area contributed by atoms with Crippen LogP contribution in [0.4, 0.5) is 5.69 Å².